The molecule has 0 N–H and O–H groups in total. The van der Waals surface area contributed by atoms with E-state index >= 15 is 0 Å². The fraction of sp³-hybridized carbons (Fsp3) is 0.316. The normalized spacial score (nSPS) is 12.9. The van der Waals surface area contributed by atoms with Crippen LogP contribution in [-0.4, -0.2) is 14.4 Å². The summed E-state index contributed by atoms with van der Waals surface area (Å²) in [6, 6.07) is 19.3. The van der Waals surface area contributed by atoms with E-state index in [0.717, 1.165) is 12.7 Å². The zero-order chi connectivity index (χ0) is 15.3. The van der Waals surface area contributed by atoms with Gasteiger partial charge >= 0.3 is 0 Å². The van der Waals surface area contributed by atoms with Crippen LogP contribution in [0.2, 0.25) is 19.6 Å². The number of carbonyl (C=O) groups is 1. The Bertz CT molecular complexity index is 567. The summed E-state index contributed by atoms with van der Waals surface area (Å²) in [6.45, 7) is 7.09. The molecule has 0 saturated heterocycles. The van der Waals surface area contributed by atoms with Crippen molar-refractivity contribution in [3.63, 3.8) is 0 Å². The number of hydrogen-bond acceptors (Lipinski definition) is 1. The summed E-state index contributed by atoms with van der Waals surface area (Å²) >= 11 is 0. The maximum Gasteiger partial charge on any atom is 0.120 e. The Balaban J connectivity index is 2.16. The van der Waals surface area contributed by atoms with Gasteiger partial charge in [-0.3, -0.25) is 0 Å². The van der Waals surface area contributed by atoms with Crippen molar-refractivity contribution in [3.8, 4) is 0 Å². The molecule has 2 aromatic carbocycles. The van der Waals surface area contributed by atoms with Crippen molar-refractivity contribution >= 4 is 19.5 Å². The molecule has 2 rings (SSSR count). The summed E-state index contributed by atoms with van der Waals surface area (Å²) in [5.41, 5.74) is 2.56. The van der Waals surface area contributed by atoms with E-state index in [1.807, 2.05) is 18.2 Å². The van der Waals surface area contributed by atoms with Gasteiger partial charge in [0.1, 0.15) is 6.29 Å². The first-order valence-electron chi connectivity index (χ1n) is 7.58. The fourth-order valence-corrected chi connectivity index (χ4v) is 3.77. The second-order valence-corrected chi connectivity index (χ2v) is 11.7. The smallest absolute Gasteiger partial charge is 0.120 e. The van der Waals surface area contributed by atoms with Gasteiger partial charge in [-0.25, -0.2) is 0 Å². The average molecular weight is 296 g/mol. The zero-order valence-corrected chi connectivity index (χ0v) is 14.2. The molecule has 2 aromatic rings. The van der Waals surface area contributed by atoms with Crippen LogP contribution in [0.15, 0.2) is 54.6 Å². The summed E-state index contributed by atoms with van der Waals surface area (Å²) < 4.78 is 0. The molecule has 0 aliphatic heterocycles. The third-order valence-electron chi connectivity index (χ3n) is 3.95. The summed E-state index contributed by atoms with van der Waals surface area (Å²) in [5, 5.41) is 1.48. The van der Waals surface area contributed by atoms with Crippen molar-refractivity contribution in [2.24, 2.45) is 0 Å². The van der Waals surface area contributed by atoms with E-state index in [1.165, 1.54) is 16.3 Å². The average Bonchev–Trinajstić information content (AvgIpc) is 2.47. The molecular formula is C19H24OSi. The number of rotatable bonds is 6. The number of hydrogen-bond donors (Lipinski definition) is 0. The molecule has 0 aliphatic rings. The van der Waals surface area contributed by atoms with Crippen LogP contribution in [0.4, 0.5) is 0 Å². The van der Waals surface area contributed by atoms with Gasteiger partial charge in [-0.2, -0.15) is 0 Å². The molecule has 0 aliphatic carbocycles. The van der Waals surface area contributed by atoms with Crippen molar-refractivity contribution in [1.82, 2.24) is 0 Å². The van der Waals surface area contributed by atoms with Gasteiger partial charge in [0.2, 0.25) is 0 Å². The first-order valence-corrected chi connectivity index (χ1v) is 11.1. The molecule has 0 spiro atoms. The van der Waals surface area contributed by atoms with Crippen molar-refractivity contribution < 1.29 is 4.79 Å². The molecule has 1 atom stereocenters. The molecule has 0 amide bonds. The maximum atomic E-state index is 11.0. The Morgan fingerprint density at radius 2 is 1.57 bits per heavy atom. The van der Waals surface area contributed by atoms with Gasteiger partial charge in [0.15, 0.2) is 0 Å². The second-order valence-electron chi connectivity index (χ2n) is 6.66. The summed E-state index contributed by atoms with van der Waals surface area (Å²) in [6.07, 6.45) is 2.54. The number of carbonyl (C=O) groups excluding carboxylic acids is 1. The van der Waals surface area contributed by atoms with Crippen LogP contribution in [0.25, 0.3) is 0 Å². The lowest BCUT2D eigenvalue weighted by atomic mass is 9.90. The molecule has 2 heteroatoms. The predicted molar refractivity (Wildman–Crippen MR) is 93.0 cm³/mol. The van der Waals surface area contributed by atoms with Gasteiger partial charge in [-0.1, -0.05) is 79.4 Å². The SMILES string of the molecule is C[Si](C)(C)c1ccc(C[C@@H](CC=O)c2ccccc2)cc1. The summed E-state index contributed by atoms with van der Waals surface area (Å²) in [5.74, 6) is 0.279. The largest absolute Gasteiger partial charge is 0.303 e. The van der Waals surface area contributed by atoms with Crippen LogP contribution in [0, 0.1) is 0 Å². The molecule has 21 heavy (non-hydrogen) atoms. The monoisotopic (exact) mass is 296 g/mol. The Kier molecular flexibility index (Phi) is 5.13. The van der Waals surface area contributed by atoms with E-state index in [1.54, 1.807) is 0 Å². The topological polar surface area (TPSA) is 17.1 Å². The molecule has 0 radical (unpaired) electrons. The summed E-state index contributed by atoms with van der Waals surface area (Å²) in [7, 11) is -1.23. The Labute approximate surface area is 129 Å². The highest BCUT2D eigenvalue weighted by atomic mass is 28.3. The van der Waals surface area contributed by atoms with E-state index in [2.05, 4.69) is 56.0 Å². The highest BCUT2D eigenvalue weighted by Crippen LogP contribution is 2.23. The van der Waals surface area contributed by atoms with Crippen LogP contribution in [0.1, 0.15) is 23.5 Å². The first kappa shape index (κ1) is 15.7. The van der Waals surface area contributed by atoms with E-state index in [0.29, 0.717) is 6.42 Å². The molecule has 0 fully saturated rings. The van der Waals surface area contributed by atoms with Gasteiger partial charge in [-0.05, 0) is 23.5 Å². The minimum atomic E-state index is -1.23. The van der Waals surface area contributed by atoms with Crippen LogP contribution >= 0.6 is 0 Å². The van der Waals surface area contributed by atoms with Crippen molar-refractivity contribution in [1.29, 1.82) is 0 Å². The Hall–Kier alpha value is -1.67. The number of benzene rings is 2. The van der Waals surface area contributed by atoms with Gasteiger partial charge < -0.3 is 4.79 Å². The highest BCUT2D eigenvalue weighted by molar-refractivity contribution is 6.88. The minimum absolute atomic E-state index is 0.279. The Morgan fingerprint density at radius 3 is 2.10 bits per heavy atom. The van der Waals surface area contributed by atoms with Crippen LogP contribution in [0.3, 0.4) is 0 Å². The van der Waals surface area contributed by atoms with E-state index in [-0.39, 0.29) is 5.92 Å². The lowest BCUT2D eigenvalue weighted by Gasteiger charge is -2.18. The van der Waals surface area contributed by atoms with E-state index < -0.39 is 8.07 Å². The Morgan fingerprint density at radius 1 is 0.952 bits per heavy atom. The van der Waals surface area contributed by atoms with Crippen LogP contribution in [-0.2, 0) is 11.2 Å². The minimum Gasteiger partial charge on any atom is -0.303 e. The molecule has 110 valence electrons. The van der Waals surface area contributed by atoms with Crippen molar-refractivity contribution in [2.75, 3.05) is 0 Å². The maximum absolute atomic E-state index is 11.0. The van der Waals surface area contributed by atoms with Crippen molar-refractivity contribution in [3.05, 3.63) is 65.7 Å². The van der Waals surface area contributed by atoms with E-state index in [9.17, 15) is 4.79 Å². The lowest BCUT2D eigenvalue weighted by Crippen LogP contribution is -2.37. The van der Waals surface area contributed by atoms with Gasteiger partial charge in [-0.15, -0.1) is 0 Å². The molecule has 1 nitrogen and oxygen atoms in total. The van der Waals surface area contributed by atoms with Gasteiger partial charge in [0, 0.05) is 6.42 Å². The standard InChI is InChI=1S/C19H24OSi/c1-21(2,3)19-11-9-16(10-12-19)15-18(13-14-20)17-7-5-4-6-8-17/h4-12,14,18H,13,15H2,1-3H3/t18-/m1/s1. The third-order valence-corrected chi connectivity index (χ3v) is 6.02. The van der Waals surface area contributed by atoms with Crippen LogP contribution < -0.4 is 5.19 Å². The molecule has 0 heterocycles. The molecule has 0 unspecified atom stereocenters. The van der Waals surface area contributed by atoms with Gasteiger partial charge in [0.05, 0.1) is 8.07 Å². The van der Waals surface area contributed by atoms with E-state index in [4.69, 9.17) is 0 Å². The third kappa shape index (κ3) is 4.40. The summed E-state index contributed by atoms with van der Waals surface area (Å²) in [4.78, 5) is 11.0. The first-order chi connectivity index (χ1) is 10.0. The van der Waals surface area contributed by atoms with Crippen molar-refractivity contribution in [2.45, 2.75) is 38.4 Å². The highest BCUT2D eigenvalue weighted by Gasteiger charge is 2.16. The second kappa shape index (κ2) is 6.86. The molecule has 0 saturated carbocycles. The lowest BCUT2D eigenvalue weighted by molar-refractivity contribution is -0.108. The van der Waals surface area contributed by atoms with Crippen LogP contribution in [0.5, 0.6) is 0 Å². The number of aldehydes is 1. The molecule has 0 aromatic heterocycles. The predicted octanol–water partition coefficient (Wildman–Crippen LogP) is 4.15. The fourth-order valence-electron chi connectivity index (χ4n) is 2.60. The molecular weight excluding hydrogens is 272 g/mol. The quantitative estimate of drug-likeness (QED) is 0.578. The molecule has 0 bridgehead atoms. The zero-order valence-electron chi connectivity index (χ0n) is 13.2. The van der Waals surface area contributed by atoms with Gasteiger partial charge in [0.25, 0.3) is 0 Å².